The van der Waals surface area contributed by atoms with Crippen LogP contribution in [-0.2, 0) is 0 Å². The van der Waals surface area contributed by atoms with Gasteiger partial charge in [-0.2, -0.15) is 8.78 Å². The Bertz CT molecular complexity index is 490. The molecule has 0 N–H and O–H groups in total. The summed E-state index contributed by atoms with van der Waals surface area (Å²) in [6, 6.07) is 7.02. The first-order valence-corrected chi connectivity index (χ1v) is 6.59. The Morgan fingerprint density at radius 2 is 0.950 bits per heavy atom. The van der Waals surface area contributed by atoms with Crippen LogP contribution < -0.4 is 0 Å². The number of rotatable bonds is 0. The smallest absolute Gasteiger partial charge is 0.215 e. The van der Waals surface area contributed by atoms with Gasteiger partial charge in [0, 0.05) is 22.5 Å². The SMILES string of the molecule is CC.Cc1ccc(C)c(F)n1.Cc1ccc(C)c(F)n1. The zero-order chi connectivity index (χ0) is 15.7. The van der Waals surface area contributed by atoms with Gasteiger partial charge in [-0.15, -0.1) is 0 Å². The highest BCUT2D eigenvalue weighted by atomic mass is 19.1. The van der Waals surface area contributed by atoms with E-state index in [2.05, 4.69) is 9.97 Å². The lowest BCUT2D eigenvalue weighted by Gasteiger charge is -1.93. The molecule has 20 heavy (non-hydrogen) atoms. The van der Waals surface area contributed by atoms with Crippen molar-refractivity contribution >= 4 is 0 Å². The minimum atomic E-state index is -0.366. The highest BCUT2D eigenvalue weighted by Gasteiger charge is 1.95. The van der Waals surface area contributed by atoms with E-state index in [0.717, 1.165) is 11.4 Å². The summed E-state index contributed by atoms with van der Waals surface area (Å²) in [6.45, 7) is 10.9. The molecule has 4 heteroatoms. The van der Waals surface area contributed by atoms with E-state index < -0.39 is 0 Å². The number of hydrogen-bond acceptors (Lipinski definition) is 2. The molecule has 0 spiro atoms. The average molecular weight is 280 g/mol. The molecule has 0 aliphatic carbocycles. The second-order valence-electron chi connectivity index (χ2n) is 4.12. The maximum atomic E-state index is 12.5. The molecule has 2 rings (SSSR count). The van der Waals surface area contributed by atoms with Crippen molar-refractivity contribution in [2.24, 2.45) is 0 Å². The lowest BCUT2D eigenvalue weighted by atomic mass is 10.3. The zero-order valence-corrected chi connectivity index (χ0v) is 13.0. The highest BCUT2D eigenvalue weighted by molar-refractivity contribution is 5.13. The molecule has 2 aromatic heterocycles. The molecule has 2 heterocycles. The summed E-state index contributed by atoms with van der Waals surface area (Å²) in [5.41, 5.74) is 2.64. The fraction of sp³-hybridized carbons (Fsp3) is 0.375. The van der Waals surface area contributed by atoms with Gasteiger partial charge in [0.1, 0.15) is 0 Å². The molecule has 0 saturated carbocycles. The molecule has 2 nitrogen and oxygen atoms in total. The number of hydrogen-bond donors (Lipinski definition) is 0. The lowest BCUT2D eigenvalue weighted by molar-refractivity contribution is 0.570. The molecule has 0 radical (unpaired) electrons. The quantitative estimate of drug-likeness (QED) is 0.654. The minimum Gasteiger partial charge on any atom is -0.225 e. The van der Waals surface area contributed by atoms with E-state index in [-0.39, 0.29) is 11.9 Å². The van der Waals surface area contributed by atoms with Crippen LogP contribution in [0.25, 0.3) is 0 Å². The number of halogens is 2. The van der Waals surface area contributed by atoms with Crippen LogP contribution in [0.3, 0.4) is 0 Å². The third-order valence-electron chi connectivity index (χ3n) is 2.35. The predicted octanol–water partition coefficient (Wildman–Crippen LogP) is 4.70. The monoisotopic (exact) mass is 280 g/mol. The Labute approximate surface area is 119 Å². The predicted molar refractivity (Wildman–Crippen MR) is 78.7 cm³/mol. The Balaban J connectivity index is 0.000000321. The summed E-state index contributed by atoms with van der Waals surface area (Å²) in [5.74, 6) is -0.731. The topological polar surface area (TPSA) is 25.8 Å². The first-order valence-electron chi connectivity index (χ1n) is 6.59. The number of aromatic nitrogens is 2. The van der Waals surface area contributed by atoms with E-state index in [1.807, 2.05) is 13.8 Å². The Morgan fingerprint density at radius 3 is 1.15 bits per heavy atom. The van der Waals surface area contributed by atoms with Gasteiger partial charge in [-0.25, -0.2) is 9.97 Å². The van der Waals surface area contributed by atoms with Crippen molar-refractivity contribution in [2.45, 2.75) is 41.5 Å². The van der Waals surface area contributed by atoms with E-state index in [0.29, 0.717) is 11.1 Å². The highest BCUT2D eigenvalue weighted by Crippen LogP contribution is 2.03. The molecule has 110 valence electrons. The lowest BCUT2D eigenvalue weighted by Crippen LogP contribution is -1.88. The molecule has 0 saturated heterocycles. The van der Waals surface area contributed by atoms with Gasteiger partial charge in [-0.3, -0.25) is 0 Å². The number of aryl methyl sites for hydroxylation is 4. The standard InChI is InChI=1S/2C7H8FN.C2H6/c2*1-5-3-4-6(2)9-7(5)8;1-2/h2*3-4H,1-2H3;1-2H3. The Morgan fingerprint density at radius 1 is 0.650 bits per heavy atom. The van der Waals surface area contributed by atoms with Crippen molar-refractivity contribution in [1.82, 2.24) is 9.97 Å². The van der Waals surface area contributed by atoms with E-state index >= 15 is 0 Å². The third-order valence-corrected chi connectivity index (χ3v) is 2.35. The van der Waals surface area contributed by atoms with E-state index in [1.54, 1.807) is 52.0 Å². The molecular weight excluding hydrogens is 258 g/mol. The van der Waals surface area contributed by atoms with Crippen LogP contribution in [0.2, 0.25) is 0 Å². The molecular formula is C16H22F2N2. The molecule has 0 aliphatic rings. The summed E-state index contributed by atoms with van der Waals surface area (Å²) < 4.78 is 24.9. The molecule has 0 amide bonds. The van der Waals surface area contributed by atoms with Crippen LogP contribution in [0.5, 0.6) is 0 Å². The van der Waals surface area contributed by atoms with E-state index in [1.165, 1.54) is 0 Å². The van der Waals surface area contributed by atoms with Gasteiger partial charge in [0.15, 0.2) is 0 Å². The van der Waals surface area contributed by atoms with Gasteiger partial charge in [0.05, 0.1) is 0 Å². The van der Waals surface area contributed by atoms with Gasteiger partial charge in [-0.05, 0) is 39.8 Å². The average Bonchev–Trinajstić information content (AvgIpc) is 2.42. The summed E-state index contributed by atoms with van der Waals surface area (Å²) in [6.07, 6.45) is 0. The fourth-order valence-electron chi connectivity index (χ4n) is 1.19. The second kappa shape index (κ2) is 9.13. The van der Waals surface area contributed by atoms with Crippen molar-refractivity contribution in [3.8, 4) is 0 Å². The van der Waals surface area contributed by atoms with Gasteiger partial charge < -0.3 is 0 Å². The second-order valence-corrected chi connectivity index (χ2v) is 4.12. The molecule has 0 unspecified atom stereocenters. The Kier molecular flexibility index (Phi) is 8.29. The summed E-state index contributed by atoms with van der Waals surface area (Å²) in [7, 11) is 0. The molecule has 0 atom stereocenters. The van der Waals surface area contributed by atoms with E-state index in [9.17, 15) is 8.78 Å². The van der Waals surface area contributed by atoms with Gasteiger partial charge in [-0.1, -0.05) is 26.0 Å². The molecule has 2 aromatic rings. The fourth-order valence-corrected chi connectivity index (χ4v) is 1.19. The first-order chi connectivity index (χ1) is 9.40. The van der Waals surface area contributed by atoms with Crippen LogP contribution in [0.1, 0.15) is 36.4 Å². The normalized spacial score (nSPS) is 9.00. The summed E-state index contributed by atoms with van der Waals surface area (Å²) in [5, 5.41) is 0. The van der Waals surface area contributed by atoms with E-state index in [4.69, 9.17) is 0 Å². The minimum absolute atomic E-state index is 0.366. The third kappa shape index (κ3) is 6.36. The van der Waals surface area contributed by atoms with Crippen molar-refractivity contribution in [2.75, 3.05) is 0 Å². The maximum absolute atomic E-state index is 12.5. The van der Waals surface area contributed by atoms with Crippen LogP contribution in [0.4, 0.5) is 8.78 Å². The van der Waals surface area contributed by atoms with Crippen molar-refractivity contribution in [1.29, 1.82) is 0 Å². The number of nitrogens with zero attached hydrogens (tertiary/aromatic N) is 2. The van der Waals surface area contributed by atoms with Gasteiger partial charge >= 0.3 is 0 Å². The van der Waals surface area contributed by atoms with Crippen LogP contribution in [-0.4, -0.2) is 9.97 Å². The molecule has 0 aromatic carbocycles. The van der Waals surface area contributed by atoms with Gasteiger partial charge in [0.25, 0.3) is 0 Å². The van der Waals surface area contributed by atoms with Crippen molar-refractivity contribution in [3.63, 3.8) is 0 Å². The maximum Gasteiger partial charge on any atom is 0.215 e. The van der Waals surface area contributed by atoms with Crippen molar-refractivity contribution < 1.29 is 8.78 Å². The van der Waals surface area contributed by atoms with Crippen LogP contribution in [0, 0.1) is 39.6 Å². The number of pyridine rings is 2. The molecule has 0 bridgehead atoms. The largest absolute Gasteiger partial charge is 0.225 e. The summed E-state index contributed by atoms with van der Waals surface area (Å²) >= 11 is 0. The van der Waals surface area contributed by atoms with Gasteiger partial charge in [0.2, 0.25) is 11.9 Å². The first kappa shape index (κ1) is 18.2. The molecule has 0 aliphatic heterocycles. The molecule has 0 fully saturated rings. The van der Waals surface area contributed by atoms with Crippen molar-refractivity contribution in [3.05, 3.63) is 58.7 Å². The summed E-state index contributed by atoms with van der Waals surface area (Å²) in [4.78, 5) is 7.21. The zero-order valence-electron chi connectivity index (χ0n) is 13.0. The van der Waals surface area contributed by atoms with Crippen LogP contribution >= 0.6 is 0 Å². The van der Waals surface area contributed by atoms with Crippen LogP contribution in [0.15, 0.2) is 24.3 Å². The Hall–Kier alpha value is -1.84.